The normalized spacial score (nSPS) is 36.7. The summed E-state index contributed by atoms with van der Waals surface area (Å²) in [4.78, 5) is 41.3. The minimum atomic E-state index is -0.679. The van der Waals surface area contributed by atoms with Crippen molar-refractivity contribution < 1.29 is 14.4 Å². The van der Waals surface area contributed by atoms with Crippen molar-refractivity contribution in [1.82, 2.24) is 9.80 Å². The fraction of sp³-hybridized carbons (Fsp3) is 0.789. The van der Waals surface area contributed by atoms with Crippen molar-refractivity contribution in [3.05, 3.63) is 0 Å². The van der Waals surface area contributed by atoms with Crippen molar-refractivity contribution >= 4 is 17.7 Å². The van der Waals surface area contributed by atoms with Gasteiger partial charge in [-0.15, -0.1) is 0 Å². The van der Waals surface area contributed by atoms with Crippen LogP contribution in [0.25, 0.3) is 0 Å². The topological polar surface area (TPSA) is 81.5 Å². The zero-order valence-corrected chi connectivity index (χ0v) is 15.6. The summed E-state index contributed by atoms with van der Waals surface area (Å²) in [6.07, 6.45) is 3.60. The van der Waals surface area contributed by atoms with Gasteiger partial charge >= 0.3 is 0 Å². The van der Waals surface area contributed by atoms with Gasteiger partial charge in [-0.1, -0.05) is 20.8 Å². The third-order valence-electron chi connectivity index (χ3n) is 7.61. The second-order valence-corrected chi connectivity index (χ2v) is 8.58. The molecule has 0 N–H and O–H groups in total. The Morgan fingerprint density at radius 1 is 1.24 bits per heavy atom. The van der Waals surface area contributed by atoms with Gasteiger partial charge in [-0.25, -0.2) is 0 Å². The highest BCUT2D eigenvalue weighted by Crippen LogP contribution is 2.68. The minimum absolute atomic E-state index is 0.0461. The third kappa shape index (κ3) is 2.11. The van der Waals surface area contributed by atoms with E-state index in [2.05, 4.69) is 6.07 Å². The summed E-state index contributed by atoms with van der Waals surface area (Å²) >= 11 is 0. The number of hydrogen-bond acceptors (Lipinski definition) is 4. The first-order valence-corrected chi connectivity index (χ1v) is 9.14. The molecule has 2 bridgehead atoms. The first-order valence-electron chi connectivity index (χ1n) is 9.14. The van der Waals surface area contributed by atoms with E-state index in [4.69, 9.17) is 0 Å². The van der Waals surface area contributed by atoms with Crippen LogP contribution in [-0.2, 0) is 14.4 Å². The molecule has 0 aromatic carbocycles. The second kappa shape index (κ2) is 5.55. The molecule has 3 amide bonds. The van der Waals surface area contributed by atoms with Crippen molar-refractivity contribution in [2.75, 3.05) is 13.6 Å². The molecule has 1 saturated carbocycles. The molecule has 0 aromatic rings. The number of piperidine rings is 1. The number of likely N-dealkylation sites (tertiary alicyclic amines) is 2. The van der Waals surface area contributed by atoms with Crippen molar-refractivity contribution in [3.63, 3.8) is 0 Å². The lowest BCUT2D eigenvalue weighted by atomic mass is 9.54. The molecule has 0 unspecified atom stereocenters. The van der Waals surface area contributed by atoms with Crippen LogP contribution in [0.5, 0.6) is 0 Å². The molecular weight excluding hydrogens is 318 g/mol. The Balaban J connectivity index is 1.84. The number of carbonyl (C=O) groups is 3. The minimum Gasteiger partial charge on any atom is -0.327 e. The summed E-state index contributed by atoms with van der Waals surface area (Å²) in [5.74, 6) is -0.301. The number of carbonyl (C=O) groups excluding carboxylic acids is 3. The van der Waals surface area contributed by atoms with Gasteiger partial charge < -0.3 is 4.90 Å². The first kappa shape index (κ1) is 17.9. The Hall–Kier alpha value is -1.90. The van der Waals surface area contributed by atoms with Crippen LogP contribution < -0.4 is 0 Å². The molecule has 3 aliphatic rings. The van der Waals surface area contributed by atoms with Crippen LogP contribution in [0.2, 0.25) is 0 Å². The molecule has 2 heterocycles. The molecule has 3 fully saturated rings. The molecule has 0 spiro atoms. The van der Waals surface area contributed by atoms with E-state index in [1.54, 1.807) is 11.9 Å². The fourth-order valence-corrected chi connectivity index (χ4v) is 5.36. The van der Waals surface area contributed by atoms with Gasteiger partial charge in [0.1, 0.15) is 6.04 Å². The average Bonchev–Trinajstić information content (AvgIpc) is 3.12. The van der Waals surface area contributed by atoms with Crippen LogP contribution in [-0.4, -0.2) is 47.2 Å². The molecule has 136 valence electrons. The van der Waals surface area contributed by atoms with E-state index in [0.29, 0.717) is 25.8 Å². The quantitative estimate of drug-likeness (QED) is 0.734. The molecule has 0 aromatic heterocycles. The highest BCUT2D eigenvalue weighted by Gasteiger charge is 2.71. The molecule has 2 aliphatic heterocycles. The van der Waals surface area contributed by atoms with Crippen LogP contribution in [0.4, 0.5) is 0 Å². The van der Waals surface area contributed by atoms with Gasteiger partial charge in [0, 0.05) is 20.0 Å². The SMILES string of the molecule is CN1C(=O)[C@@]2(CCC(=O)N3CCC[C@H]3C#N)CC[C@@](C)(C1=O)C2(C)C. The molecule has 3 rings (SSSR count). The van der Waals surface area contributed by atoms with Gasteiger partial charge in [0.2, 0.25) is 17.7 Å². The number of fused-ring (bicyclic) bond motifs is 2. The summed E-state index contributed by atoms with van der Waals surface area (Å²) in [7, 11) is 1.56. The van der Waals surface area contributed by atoms with Crippen molar-refractivity contribution in [2.24, 2.45) is 16.2 Å². The van der Waals surface area contributed by atoms with Gasteiger partial charge in [0.15, 0.2) is 0 Å². The second-order valence-electron chi connectivity index (χ2n) is 8.58. The molecule has 0 radical (unpaired) electrons. The Morgan fingerprint density at radius 3 is 2.56 bits per heavy atom. The molecule has 1 aliphatic carbocycles. The number of rotatable bonds is 3. The lowest BCUT2D eigenvalue weighted by Gasteiger charge is -2.53. The summed E-state index contributed by atoms with van der Waals surface area (Å²) < 4.78 is 0. The van der Waals surface area contributed by atoms with E-state index in [0.717, 1.165) is 12.8 Å². The maximum Gasteiger partial charge on any atom is 0.235 e. The van der Waals surface area contributed by atoms with E-state index in [-0.39, 0.29) is 30.2 Å². The summed E-state index contributed by atoms with van der Waals surface area (Å²) in [6.45, 7) is 6.58. The van der Waals surface area contributed by atoms with E-state index in [1.807, 2.05) is 20.8 Å². The van der Waals surface area contributed by atoms with Crippen molar-refractivity contribution in [1.29, 1.82) is 5.26 Å². The number of amides is 3. The van der Waals surface area contributed by atoms with Gasteiger partial charge in [-0.2, -0.15) is 5.26 Å². The Kier molecular flexibility index (Phi) is 3.98. The number of hydrogen-bond donors (Lipinski definition) is 0. The third-order valence-corrected chi connectivity index (χ3v) is 7.61. The smallest absolute Gasteiger partial charge is 0.235 e. The van der Waals surface area contributed by atoms with Gasteiger partial charge in [-0.3, -0.25) is 19.3 Å². The van der Waals surface area contributed by atoms with Crippen LogP contribution in [0, 0.1) is 27.6 Å². The first-order chi connectivity index (χ1) is 11.6. The summed E-state index contributed by atoms with van der Waals surface area (Å²) in [5, 5.41) is 9.19. The lowest BCUT2D eigenvalue weighted by Crippen LogP contribution is -2.63. The van der Waals surface area contributed by atoms with Crippen LogP contribution in [0.15, 0.2) is 0 Å². The largest absolute Gasteiger partial charge is 0.327 e. The van der Waals surface area contributed by atoms with Crippen molar-refractivity contribution in [3.8, 4) is 6.07 Å². The van der Waals surface area contributed by atoms with Gasteiger partial charge in [0.25, 0.3) is 0 Å². The predicted octanol–water partition coefficient (Wildman–Crippen LogP) is 2.09. The monoisotopic (exact) mass is 345 g/mol. The maximum atomic E-state index is 13.1. The number of nitriles is 1. The standard InChI is InChI=1S/C19H27N3O3/c1-17(2)18(3)9-10-19(17,16(25)21(4)15(18)24)8-7-14(23)22-11-5-6-13(22)12-20/h13H,5-11H2,1-4H3/t13-,18-,19+/m0/s1. The van der Waals surface area contributed by atoms with Crippen LogP contribution >= 0.6 is 0 Å². The van der Waals surface area contributed by atoms with E-state index in [1.165, 1.54) is 4.90 Å². The lowest BCUT2D eigenvalue weighted by molar-refractivity contribution is -0.176. The zero-order chi connectivity index (χ0) is 18.6. The summed E-state index contributed by atoms with van der Waals surface area (Å²) in [5.41, 5.74) is -1.73. The van der Waals surface area contributed by atoms with Crippen molar-refractivity contribution in [2.45, 2.75) is 65.3 Å². The molecule has 3 atom stereocenters. The van der Waals surface area contributed by atoms with Crippen LogP contribution in [0.1, 0.15) is 59.3 Å². The predicted molar refractivity (Wildman–Crippen MR) is 90.9 cm³/mol. The highest BCUT2D eigenvalue weighted by atomic mass is 16.2. The van der Waals surface area contributed by atoms with Gasteiger partial charge in [0.05, 0.1) is 16.9 Å². The molecule has 25 heavy (non-hydrogen) atoms. The Morgan fingerprint density at radius 2 is 1.92 bits per heavy atom. The van der Waals surface area contributed by atoms with E-state index < -0.39 is 16.2 Å². The Labute approximate surface area is 149 Å². The zero-order valence-electron chi connectivity index (χ0n) is 15.6. The van der Waals surface area contributed by atoms with Crippen LogP contribution in [0.3, 0.4) is 0 Å². The number of nitrogens with zero attached hydrogens (tertiary/aromatic N) is 3. The highest BCUT2D eigenvalue weighted by molar-refractivity contribution is 6.05. The molecule has 2 saturated heterocycles. The molecule has 6 nitrogen and oxygen atoms in total. The van der Waals surface area contributed by atoms with E-state index in [9.17, 15) is 19.6 Å². The van der Waals surface area contributed by atoms with Gasteiger partial charge in [-0.05, 0) is 37.5 Å². The molecular formula is C19H27N3O3. The molecule has 6 heteroatoms. The Bertz CT molecular complexity index is 680. The summed E-state index contributed by atoms with van der Waals surface area (Å²) in [6, 6.07) is 1.86. The number of imide groups is 1. The average molecular weight is 345 g/mol. The van der Waals surface area contributed by atoms with E-state index >= 15 is 0 Å². The fourth-order valence-electron chi connectivity index (χ4n) is 5.36. The maximum absolute atomic E-state index is 13.1.